The number of hydrogen-bond acceptors (Lipinski definition) is 2. The average Bonchev–Trinajstić information content (AvgIpc) is 2.13. The summed E-state index contributed by atoms with van der Waals surface area (Å²) in [5, 5.41) is 17.5. The second-order valence-corrected chi connectivity index (χ2v) is 4.52. The van der Waals surface area contributed by atoms with Crippen molar-refractivity contribution in [1.82, 2.24) is 0 Å². The molecular formula is C12H16O4. The first-order valence-electron chi connectivity index (χ1n) is 5.18. The van der Waals surface area contributed by atoms with Gasteiger partial charge in [0, 0.05) is 11.1 Å². The highest BCUT2D eigenvalue weighted by Crippen LogP contribution is 2.49. The van der Waals surface area contributed by atoms with Gasteiger partial charge < -0.3 is 10.2 Å². The normalized spacial score (nSPS) is 17.2. The summed E-state index contributed by atoms with van der Waals surface area (Å²) in [6.07, 6.45) is 3.43. The first kappa shape index (κ1) is 12.5. The Morgan fingerprint density at radius 1 is 1.00 bits per heavy atom. The third-order valence-corrected chi connectivity index (χ3v) is 3.20. The van der Waals surface area contributed by atoms with Crippen LogP contribution < -0.4 is 0 Å². The molecule has 2 N–H and O–H groups in total. The maximum atomic E-state index is 10.7. The van der Waals surface area contributed by atoms with Crippen LogP contribution in [0.2, 0.25) is 0 Å². The number of carboxylic acids is 2. The highest BCUT2D eigenvalue weighted by atomic mass is 16.4. The van der Waals surface area contributed by atoms with Gasteiger partial charge in [-0.05, 0) is 31.1 Å². The predicted octanol–water partition coefficient (Wildman–Crippen LogP) is 2.22. The van der Waals surface area contributed by atoms with Gasteiger partial charge in [-0.15, -0.1) is 0 Å². The molecule has 0 saturated heterocycles. The van der Waals surface area contributed by atoms with Gasteiger partial charge in [0.2, 0.25) is 0 Å². The average molecular weight is 224 g/mol. The lowest BCUT2D eigenvalue weighted by Crippen LogP contribution is -2.32. The molecule has 0 bridgehead atoms. The van der Waals surface area contributed by atoms with Crippen molar-refractivity contribution in [2.75, 3.05) is 0 Å². The molecule has 0 amide bonds. The summed E-state index contributed by atoms with van der Waals surface area (Å²) in [7, 11) is 0. The Morgan fingerprint density at radius 2 is 1.38 bits per heavy atom. The van der Waals surface area contributed by atoms with Crippen molar-refractivity contribution in [3.63, 3.8) is 0 Å². The Morgan fingerprint density at radius 3 is 1.56 bits per heavy atom. The van der Waals surface area contributed by atoms with Crippen molar-refractivity contribution in [2.45, 2.75) is 32.1 Å². The summed E-state index contributed by atoms with van der Waals surface area (Å²) < 4.78 is 0. The zero-order chi connectivity index (χ0) is 12.3. The summed E-state index contributed by atoms with van der Waals surface area (Å²) in [4.78, 5) is 21.4. The van der Waals surface area contributed by atoms with E-state index >= 15 is 0 Å². The second kappa shape index (κ2) is 4.51. The summed E-state index contributed by atoms with van der Waals surface area (Å²) in [5.74, 6) is -2.01. The minimum atomic E-state index is -1.01. The molecule has 0 unspecified atom stereocenters. The van der Waals surface area contributed by atoms with Crippen LogP contribution in [0.25, 0.3) is 0 Å². The van der Waals surface area contributed by atoms with E-state index in [1.807, 2.05) is 0 Å². The lowest BCUT2D eigenvalue weighted by molar-refractivity contribution is -0.133. The molecule has 0 aromatic carbocycles. The largest absolute Gasteiger partial charge is 0.478 e. The summed E-state index contributed by atoms with van der Waals surface area (Å²) in [6, 6.07) is 0. The molecule has 1 rings (SSSR count). The van der Waals surface area contributed by atoms with Crippen molar-refractivity contribution >= 4 is 11.9 Å². The molecule has 0 aromatic rings. The number of hydrogen-bond donors (Lipinski definition) is 2. The first-order chi connectivity index (χ1) is 7.36. The van der Waals surface area contributed by atoms with Crippen LogP contribution in [-0.4, -0.2) is 22.2 Å². The van der Waals surface area contributed by atoms with Crippen LogP contribution in [0.4, 0.5) is 0 Å². The highest BCUT2D eigenvalue weighted by molar-refractivity contribution is 5.87. The molecule has 0 radical (unpaired) electrons. The second-order valence-electron chi connectivity index (χ2n) is 4.52. The van der Waals surface area contributed by atoms with E-state index in [2.05, 4.69) is 13.2 Å². The lowest BCUT2D eigenvalue weighted by Gasteiger charge is -2.42. The first-order valence-corrected chi connectivity index (χ1v) is 5.18. The van der Waals surface area contributed by atoms with Crippen molar-refractivity contribution in [1.29, 1.82) is 0 Å². The van der Waals surface area contributed by atoms with Gasteiger partial charge in [-0.2, -0.15) is 0 Å². The van der Waals surface area contributed by atoms with Crippen LogP contribution >= 0.6 is 0 Å². The Hall–Kier alpha value is -1.58. The van der Waals surface area contributed by atoms with E-state index in [-0.39, 0.29) is 16.6 Å². The molecule has 0 aromatic heterocycles. The van der Waals surface area contributed by atoms with Crippen molar-refractivity contribution in [2.24, 2.45) is 5.41 Å². The number of carbonyl (C=O) groups is 2. The predicted molar refractivity (Wildman–Crippen MR) is 59.1 cm³/mol. The molecule has 0 heterocycles. The van der Waals surface area contributed by atoms with Gasteiger partial charge >= 0.3 is 11.9 Å². The molecule has 88 valence electrons. The van der Waals surface area contributed by atoms with Gasteiger partial charge in [-0.3, -0.25) is 0 Å². The molecule has 0 atom stereocenters. The van der Waals surface area contributed by atoms with Gasteiger partial charge in [0.1, 0.15) is 0 Å². The third-order valence-electron chi connectivity index (χ3n) is 3.20. The Balaban J connectivity index is 2.64. The van der Waals surface area contributed by atoms with Gasteiger partial charge in [0.05, 0.1) is 0 Å². The monoisotopic (exact) mass is 224 g/mol. The van der Waals surface area contributed by atoms with E-state index in [1.54, 1.807) is 0 Å². The molecule has 1 aliphatic rings. The summed E-state index contributed by atoms with van der Waals surface area (Å²) >= 11 is 0. The molecule has 4 heteroatoms. The zero-order valence-corrected chi connectivity index (χ0v) is 9.16. The zero-order valence-electron chi connectivity index (χ0n) is 9.16. The maximum Gasteiger partial charge on any atom is 0.330 e. The summed E-state index contributed by atoms with van der Waals surface area (Å²) in [5.41, 5.74) is 0.0704. The van der Waals surface area contributed by atoms with E-state index in [4.69, 9.17) is 10.2 Å². The van der Waals surface area contributed by atoms with E-state index in [0.717, 1.165) is 19.3 Å². The van der Waals surface area contributed by atoms with Gasteiger partial charge in [-0.25, -0.2) is 9.59 Å². The summed E-state index contributed by atoms with van der Waals surface area (Å²) in [6.45, 7) is 6.99. The SMILES string of the molecule is C=C(CC1(CC(=C)C(=O)O)CCC1)C(=O)O. The smallest absolute Gasteiger partial charge is 0.330 e. The van der Waals surface area contributed by atoms with Crippen molar-refractivity contribution < 1.29 is 19.8 Å². The van der Waals surface area contributed by atoms with Crippen LogP contribution in [0, 0.1) is 5.41 Å². The fourth-order valence-electron chi connectivity index (χ4n) is 2.15. The lowest BCUT2D eigenvalue weighted by atomic mass is 9.62. The fourth-order valence-corrected chi connectivity index (χ4v) is 2.15. The molecule has 1 aliphatic carbocycles. The van der Waals surface area contributed by atoms with E-state index in [9.17, 15) is 9.59 Å². The van der Waals surface area contributed by atoms with Crippen LogP contribution in [0.5, 0.6) is 0 Å². The molecule has 4 nitrogen and oxygen atoms in total. The van der Waals surface area contributed by atoms with E-state index in [0.29, 0.717) is 12.8 Å². The molecule has 16 heavy (non-hydrogen) atoms. The van der Waals surface area contributed by atoms with Gasteiger partial charge in [0.15, 0.2) is 0 Å². The minimum absolute atomic E-state index is 0.151. The van der Waals surface area contributed by atoms with Gasteiger partial charge in [0.25, 0.3) is 0 Å². The number of aliphatic carboxylic acids is 2. The number of carboxylic acid groups (broad SMARTS) is 2. The van der Waals surface area contributed by atoms with E-state index < -0.39 is 11.9 Å². The minimum Gasteiger partial charge on any atom is -0.478 e. The van der Waals surface area contributed by atoms with Crippen LogP contribution in [0.1, 0.15) is 32.1 Å². The van der Waals surface area contributed by atoms with E-state index in [1.165, 1.54) is 0 Å². The Bertz CT molecular complexity index is 320. The molecule has 1 saturated carbocycles. The molecule has 0 aliphatic heterocycles. The van der Waals surface area contributed by atoms with Gasteiger partial charge in [-0.1, -0.05) is 19.6 Å². The quantitative estimate of drug-likeness (QED) is 0.678. The third kappa shape index (κ3) is 2.72. The van der Waals surface area contributed by atoms with Crippen LogP contribution in [0.15, 0.2) is 24.3 Å². The highest BCUT2D eigenvalue weighted by Gasteiger charge is 2.39. The maximum absolute atomic E-state index is 10.7. The fraction of sp³-hybridized carbons (Fsp3) is 0.500. The Labute approximate surface area is 94.3 Å². The van der Waals surface area contributed by atoms with Crippen molar-refractivity contribution in [3.8, 4) is 0 Å². The standard InChI is InChI=1S/C12H16O4/c1-8(10(13)14)6-12(4-3-5-12)7-9(2)11(15)16/h1-7H2,(H,13,14)(H,15,16). The topological polar surface area (TPSA) is 74.6 Å². The number of rotatable bonds is 6. The molecule has 1 fully saturated rings. The Kier molecular flexibility index (Phi) is 3.52. The van der Waals surface area contributed by atoms with Crippen LogP contribution in [-0.2, 0) is 9.59 Å². The van der Waals surface area contributed by atoms with Crippen LogP contribution in [0.3, 0.4) is 0 Å². The molecular weight excluding hydrogens is 208 g/mol. The molecule has 0 spiro atoms. The van der Waals surface area contributed by atoms with Crippen molar-refractivity contribution in [3.05, 3.63) is 24.3 Å².